The standard InChI is InChI=1S/C24H26N2O3/c1-15-20(24(28)29-4)16(2)25-21(15)23(27)17(3)26-22(18-11-7-5-8-12-18)19-13-9-6-10-14-19/h5-14,17,22,25-26H,1-4H3/p+1/t17-/m1/s1. The third kappa shape index (κ3) is 4.30. The van der Waals surface area contributed by atoms with Gasteiger partial charge in [-0.15, -0.1) is 0 Å². The average Bonchev–Trinajstić information content (AvgIpc) is 3.05. The van der Waals surface area contributed by atoms with Gasteiger partial charge in [-0.25, -0.2) is 4.79 Å². The average molecular weight is 391 g/mol. The van der Waals surface area contributed by atoms with Crippen LogP contribution >= 0.6 is 0 Å². The highest BCUT2D eigenvalue weighted by Gasteiger charge is 2.30. The van der Waals surface area contributed by atoms with Crippen LogP contribution in [0.15, 0.2) is 60.7 Å². The lowest BCUT2D eigenvalue weighted by molar-refractivity contribution is -0.703. The van der Waals surface area contributed by atoms with Gasteiger partial charge in [0.05, 0.1) is 18.4 Å². The van der Waals surface area contributed by atoms with E-state index in [1.165, 1.54) is 7.11 Å². The number of ether oxygens (including phenoxy) is 1. The Morgan fingerprint density at radius 2 is 1.45 bits per heavy atom. The van der Waals surface area contributed by atoms with Crippen LogP contribution < -0.4 is 5.32 Å². The number of carbonyl (C=O) groups is 2. The van der Waals surface area contributed by atoms with Gasteiger partial charge in [-0.3, -0.25) is 4.79 Å². The van der Waals surface area contributed by atoms with Gasteiger partial charge < -0.3 is 15.0 Å². The highest BCUT2D eigenvalue weighted by Crippen LogP contribution is 2.21. The lowest BCUT2D eigenvalue weighted by Gasteiger charge is -2.20. The van der Waals surface area contributed by atoms with Crippen molar-refractivity contribution in [3.8, 4) is 0 Å². The van der Waals surface area contributed by atoms with E-state index < -0.39 is 5.97 Å². The summed E-state index contributed by atoms with van der Waals surface area (Å²) in [4.78, 5) is 28.4. The Hall–Kier alpha value is -3.18. The largest absolute Gasteiger partial charge is 0.465 e. The van der Waals surface area contributed by atoms with Crippen LogP contribution in [-0.2, 0) is 4.74 Å². The van der Waals surface area contributed by atoms with Gasteiger partial charge in [-0.1, -0.05) is 60.7 Å². The van der Waals surface area contributed by atoms with E-state index in [4.69, 9.17) is 4.74 Å². The molecule has 3 rings (SSSR count). The second kappa shape index (κ2) is 8.88. The predicted octanol–water partition coefficient (Wildman–Crippen LogP) is 3.34. The van der Waals surface area contributed by atoms with Crippen molar-refractivity contribution in [1.29, 1.82) is 0 Å². The van der Waals surface area contributed by atoms with Crippen LogP contribution in [0.25, 0.3) is 0 Å². The summed E-state index contributed by atoms with van der Waals surface area (Å²) >= 11 is 0. The quantitative estimate of drug-likeness (QED) is 0.479. The van der Waals surface area contributed by atoms with Crippen molar-refractivity contribution in [1.82, 2.24) is 4.98 Å². The first-order chi connectivity index (χ1) is 13.9. The summed E-state index contributed by atoms with van der Waals surface area (Å²) in [6.07, 6.45) is 0. The highest BCUT2D eigenvalue weighted by molar-refractivity contribution is 6.03. The van der Waals surface area contributed by atoms with Gasteiger partial charge in [0.2, 0.25) is 5.78 Å². The lowest BCUT2D eigenvalue weighted by Crippen LogP contribution is -2.92. The molecular weight excluding hydrogens is 364 g/mol. The summed E-state index contributed by atoms with van der Waals surface area (Å²) in [7, 11) is 1.34. The molecule has 0 aliphatic carbocycles. The molecule has 29 heavy (non-hydrogen) atoms. The van der Waals surface area contributed by atoms with E-state index in [2.05, 4.69) is 34.6 Å². The van der Waals surface area contributed by atoms with Gasteiger partial charge in [-0.2, -0.15) is 0 Å². The minimum absolute atomic E-state index is 0.00667. The molecule has 0 bridgehead atoms. The molecule has 0 amide bonds. The molecule has 1 aromatic heterocycles. The van der Waals surface area contributed by atoms with Crippen molar-refractivity contribution in [2.24, 2.45) is 0 Å². The number of esters is 1. The van der Waals surface area contributed by atoms with Crippen LogP contribution in [0.5, 0.6) is 0 Å². The van der Waals surface area contributed by atoms with Crippen LogP contribution in [0, 0.1) is 13.8 Å². The molecule has 0 unspecified atom stereocenters. The molecule has 0 aliphatic heterocycles. The summed E-state index contributed by atoms with van der Waals surface area (Å²) in [5, 5.41) is 2.07. The van der Waals surface area contributed by atoms with E-state index in [-0.39, 0.29) is 17.9 Å². The third-order valence-corrected chi connectivity index (χ3v) is 5.29. The maximum Gasteiger partial charge on any atom is 0.339 e. The number of Topliss-reactive ketones (excluding diaryl/α,β-unsaturated/α-hetero) is 1. The van der Waals surface area contributed by atoms with E-state index >= 15 is 0 Å². The van der Waals surface area contributed by atoms with Gasteiger partial charge in [0.25, 0.3) is 0 Å². The van der Waals surface area contributed by atoms with Crippen molar-refractivity contribution in [2.75, 3.05) is 7.11 Å². The Labute approximate surface area is 171 Å². The van der Waals surface area contributed by atoms with Crippen molar-refractivity contribution in [3.63, 3.8) is 0 Å². The highest BCUT2D eigenvalue weighted by atomic mass is 16.5. The Morgan fingerprint density at radius 3 is 1.93 bits per heavy atom. The summed E-state index contributed by atoms with van der Waals surface area (Å²) < 4.78 is 4.85. The fraction of sp³-hybridized carbons (Fsp3) is 0.250. The molecule has 0 radical (unpaired) electrons. The van der Waals surface area contributed by atoms with Gasteiger partial charge in [0.1, 0.15) is 12.1 Å². The number of aromatic amines is 1. The lowest BCUT2D eigenvalue weighted by atomic mass is 9.96. The maximum absolute atomic E-state index is 13.2. The zero-order valence-electron chi connectivity index (χ0n) is 17.2. The number of aryl methyl sites for hydroxylation is 1. The number of aromatic nitrogens is 1. The molecule has 2 aromatic carbocycles. The van der Waals surface area contributed by atoms with Crippen LogP contribution in [0.1, 0.15) is 56.2 Å². The number of benzene rings is 2. The van der Waals surface area contributed by atoms with Crippen molar-refractivity contribution in [3.05, 3.63) is 94.3 Å². The number of hydrogen-bond donors (Lipinski definition) is 2. The number of quaternary nitrogens is 1. The number of ketones is 1. The smallest absolute Gasteiger partial charge is 0.339 e. The maximum atomic E-state index is 13.2. The van der Waals surface area contributed by atoms with Crippen LogP contribution in [0.4, 0.5) is 0 Å². The van der Waals surface area contributed by atoms with Crippen LogP contribution in [-0.4, -0.2) is 29.9 Å². The van der Waals surface area contributed by atoms with Crippen LogP contribution in [0.3, 0.4) is 0 Å². The van der Waals surface area contributed by atoms with E-state index in [0.717, 1.165) is 11.1 Å². The van der Waals surface area contributed by atoms with E-state index in [1.807, 2.05) is 43.3 Å². The first-order valence-electron chi connectivity index (χ1n) is 9.70. The SMILES string of the molecule is COC(=O)c1c(C)[nH]c(C(=O)[C@@H](C)[NH2+]C(c2ccccc2)c2ccccc2)c1C. The number of nitrogens with one attached hydrogen (secondary N) is 1. The summed E-state index contributed by atoms with van der Waals surface area (Å²) in [6, 6.07) is 19.9. The molecule has 0 saturated carbocycles. The summed E-state index contributed by atoms with van der Waals surface area (Å²) in [5.74, 6) is -0.476. The number of methoxy groups -OCH3 is 1. The number of H-pyrrole nitrogens is 1. The summed E-state index contributed by atoms with van der Waals surface area (Å²) in [5.41, 5.74) is 4.45. The number of carbonyl (C=O) groups excluding carboxylic acids is 2. The minimum Gasteiger partial charge on any atom is -0.465 e. The third-order valence-electron chi connectivity index (χ3n) is 5.29. The summed E-state index contributed by atoms with van der Waals surface area (Å²) in [6.45, 7) is 5.46. The van der Waals surface area contributed by atoms with E-state index in [1.54, 1.807) is 13.8 Å². The second-order valence-corrected chi connectivity index (χ2v) is 7.26. The molecule has 5 heteroatoms. The van der Waals surface area contributed by atoms with Crippen LogP contribution in [0.2, 0.25) is 0 Å². The first kappa shape index (κ1) is 20.6. The first-order valence-corrected chi connectivity index (χ1v) is 9.70. The number of rotatable bonds is 7. The molecule has 150 valence electrons. The van der Waals surface area contributed by atoms with Crippen molar-refractivity contribution < 1.29 is 19.6 Å². The van der Waals surface area contributed by atoms with Crippen molar-refractivity contribution >= 4 is 11.8 Å². The molecule has 0 aliphatic rings. The molecular formula is C24H27N2O3+. The number of hydrogen-bond acceptors (Lipinski definition) is 3. The van der Waals surface area contributed by atoms with Gasteiger partial charge in [0, 0.05) is 16.8 Å². The zero-order valence-corrected chi connectivity index (χ0v) is 17.2. The van der Waals surface area contributed by atoms with Gasteiger partial charge in [0.15, 0.2) is 0 Å². The molecule has 3 aromatic rings. The Kier molecular flexibility index (Phi) is 6.29. The zero-order chi connectivity index (χ0) is 21.0. The molecule has 5 nitrogen and oxygen atoms in total. The van der Waals surface area contributed by atoms with E-state index in [0.29, 0.717) is 22.5 Å². The number of nitrogens with two attached hydrogens (primary N) is 1. The van der Waals surface area contributed by atoms with E-state index in [9.17, 15) is 9.59 Å². The molecule has 3 N–H and O–H groups in total. The monoisotopic (exact) mass is 391 g/mol. The Morgan fingerprint density at radius 1 is 0.931 bits per heavy atom. The fourth-order valence-electron chi connectivity index (χ4n) is 3.74. The van der Waals surface area contributed by atoms with Gasteiger partial charge in [-0.05, 0) is 26.3 Å². The molecule has 0 fully saturated rings. The molecule has 1 atom stereocenters. The predicted molar refractivity (Wildman–Crippen MR) is 112 cm³/mol. The second-order valence-electron chi connectivity index (χ2n) is 7.26. The van der Waals surface area contributed by atoms with Crippen molar-refractivity contribution in [2.45, 2.75) is 32.9 Å². The Balaban J connectivity index is 1.90. The topological polar surface area (TPSA) is 75.8 Å². The Bertz CT molecular complexity index is 954. The van der Waals surface area contributed by atoms with Gasteiger partial charge >= 0.3 is 5.97 Å². The molecule has 1 heterocycles. The molecule has 0 saturated heterocycles. The normalized spacial score (nSPS) is 12.0. The molecule has 0 spiro atoms. The minimum atomic E-state index is -0.432. The fourth-order valence-corrected chi connectivity index (χ4v) is 3.74.